The Morgan fingerprint density at radius 3 is 2.41 bits per heavy atom. The minimum Gasteiger partial charge on any atom is -0.376 e. The number of carbonyl (C=O) groups excluding carboxylic acids is 1. The molecule has 0 saturated carbocycles. The van der Waals surface area contributed by atoms with Gasteiger partial charge in [-0.1, -0.05) is 36.4 Å². The van der Waals surface area contributed by atoms with E-state index in [2.05, 4.69) is 17.4 Å². The first-order valence-electron chi connectivity index (χ1n) is 9.14. The molecule has 6 heteroatoms. The van der Waals surface area contributed by atoms with Gasteiger partial charge in [0.15, 0.2) is 0 Å². The second kappa shape index (κ2) is 8.46. The molecule has 0 aromatic heterocycles. The highest BCUT2D eigenvalue weighted by atomic mass is 19.4. The average molecular weight is 376 g/mol. The van der Waals surface area contributed by atoms with Crippen LogP contribution in [0.5, 0.6) is 0 Å². The van der Waals surface area contributed by atoms with Gasteiger partial charge in [0.1, 0.15) is 0 Å². The largest absolute Gasteiger partial charge is 0.416 e. The van der Waals surface area contributed by atoms with E-state index in [4.69, 9.17) is 0 Å². The van der Waals surface area contributed by atoms with Crippen LogP contribution in [0.2, 0.25) is 0 Å². The average Bonchev–Trinajstić information content (AvgIpc) is 2.67. The van der Waals surface area contributed by atoms with Crippen molar-refractivity contribution in [3.8, 4) is 0 Å². The van der Waals surface area contributed by atoms with Crippen molar-refractivity contribution in [2.75, 3.05) is 25.0 Å². The van der Waals surface area contributed by atoms with Crippen LogP contribution in [0.3, 0.4) is 0 Å². The third-order valence-corrected chi connectivity index (χ3v) is 4.97. The molecule has 0 spiro atoms. The Morgan fingerprint density at radius 2 is 1.74 bits per heavy atom. The Labute approximate surface area is 157 Å². The monoisotopic (exact) mass is 376 g/mol. The summed E-state index contributed by atoms with van der Waals surface area (Å²) in [4.78, 5) is 14.2. The molecular weight excluding hydrogens is 353 g/mol. The van der Waals surface area contributed by atoms with Gasteiger partial charge in [0.05, 0.1) is 12.1 Å². The molecule has 1 N–H and O–H groups in total. The first-order valence-corrected chi connectivity index (χ1v) is 9.14. The lowest BCUT2D eigenvalue weighted by atomic mass is 9.90. The van der Waals surface area contributed by atoms with Crippen molar-refractivity contribution < 1.29 is 18.0 Å². The number of anilines is 1. The lowest BCUT2D eigenvalue weighted by Gasteiger charge is -2.32. The van der Waals surface area contributed by atoms with E-state index in [-0.39, 0.29) is 12.5 Å². The molecule has 3 rings (SSSR count). The van der Waals surface area contributed by atoms with Crippen LogP contribution in [0.15, 0.2) is 54.6 Å². The maximum atomic E-state index is 12.7. The summed E-state index contributed by atoms with van der Waals surface area (Å²) in [6.45, 7) is 1.39. The van der Waals surface area contributed by atoms with E-state index < -0.39 is 11.7 Å². The molecule has 1 aliphatic heterocycles. The number of alkyl halides is 3. The number of hydrogen-bond acceptors (Lipinski definition) is 2. The summed E-state index contributed by atoms with van der Waals surface area (Å²) in [5.41, 5.74) is 0.896. The van der Waals surface area contributed by atoms with Gasteiger partial charge in [-0.3, -0.25) is 4.79 Å². The van der Waals surface area contributed by atoms with Crippen molar-refractivity contribution in [1.29, 1.82) is 0 Å². The van der Waals surface area contributed by atoms with Gasteiger partial charge in [-0.25, -0.2) is 0 Å². The summed E-state index contributed by atoms with van der Waals surface area (Å²) >= 11 is 0. The molecule has 1 saturated heterocycles. The van der Waals surface area contributed by atoms with Crippen LogP contribution in [0.4, 0.5) is 18.9 Å². The number of halogens is 3. The predicted octanol–water partition coefficient (Wildman–Crippen LogP) is 4.60. The molecule has 0 aliphatic carbocycles. The molecule has 1 fully saturated rings. The fourth-order valence-electron chi connectivity index (χ4n) is 3.43. The van der Waals surface area contributed by atoms with Crippen LogP contribution in [0.25, 0.3) is 0 Å². The number of amides is 1. The van der Waals surface area contributed by atoms with Crippen LogP contribution in [0.1, 0.15) is 24.0 Å². The zero-order valence-corrected chi connectivity index (χ0v) is 15.0. The Bertz CT molecular complexity index is 754. The molecule has 0 unspecified atom stereocenters. The van der Waals surface area contributed by atoms with Crippen molar-refractivity contribution >= 4 is 11.6 Å². The molecular formula is C21H23F3N2O. The van der Waals surface area contributed by atoms with Crippen LogP contribution in [0, 0.1) is 5.92 Å². The normalized spacial score (nSPS) is 15.6. The van der Waals surface area contributed by atoms with E-state index in [0.717, 1.165) is 31.4 Å². The Morgan fingerprint density at radius 1 is 1.04 bits per heavy atom. The maximum Gasteiger partial charge on any atom is 0.416 e. The quantitative estimate of drug-likeness (QED) is 0.827. The van der Waals surface area contributed by atoms with Crippen LogP contribution >= 0.6 is 0 Å². The number of rotatable bonds is 5. The zero-order valence-electron chi connectivity index (χ0n) is 15.0. The molecule has 2 aromatic rings. The summed E-state index contributed by atoms with van der Waals surface area (Å²) < 4.78 is 38.2. The molecule has 1 aliphatic rings. The third-order valence-electron chi connectivity index (χ3n) is 4.97. The van der Waals surface area contributed by atoms with E-state index in [1.807, 2.05) is 18.2 Å². The second-order valence-electron chi connectivity index (χ2n) is 6.95. The number of hydrogen-bond donors (Lipinski definition) is 1. The lowest BCUT2D eigenvalue weighted by molar-refractivity contribution is -0.137. The number of nitrogens with one attached hydrogen (secondary N) is 1. The molecule has 0 atom stereocenters. The van der Waals surface area contributed by atoms with Crippen LogP contribution in [-0.2, 0) is 17.4 Å². The van der Waals surface area contributed by atoms with Crippen molar-refractivity contribution in [3.05, 3.63) is 65.7 Å². The van der Waals surface area contributed by atoms with Gasteiger partial charge in [0.2, 0.25) is 5.91 Å². The molecule has 0 bridgehead atoms. The van der Waals surface area contributed by atoms with Crippen LogP contribution < -0.4 is 5.32 Å². The number of likely N-dealkylation sites (tertiary alicyclic amines) is 1. The zero-order chi connectivity index (χ0) is 19.3. The van der Waals surface area contributed by atoms with Gasteiger partial charge in [0, 0.05) is 18.8 Å². The van der Waals surface area contributed by atoms with E-state index in [1.165, 1.54) is 17.7 Å². The second-order valence-corrected chi connectivity index (χ2v) is 6.95. The van der Waals surface area contributed by atoms with Crippen molar-refractivity contribution in [3.63, 3.8) is 0 Å². The van der Waals surface area contributed by atoms with Crippen molar-refractivity contribution in [2.45, 2.75) is 25.4 Å². The van der Waals surface area contributed by atoms with Gasteiger partial charge >= 0.3 is 6.18 Å². The lowest BCUT2D eigenvalue weighted by Crippen LogP contribution is -2.41. The van der Waals surface area contributed by atoms with Gasteiger partial charge < -0.3 is 10.2 Å². The highest BCUT2D eigenvalue weighted by molar-refractivity contribution is 5.81. The highest BCUT2D eigenvalue weighted by Crippen LogP contribution is 2.30. The number of carbonyl (C=O) groups is 1. The maximum absolute atomic E-state index is 12.7. The van der Waals surface area contributed by atoms with E-state index in [9.17, 15) is 18.0 Å². The van der Waals surface area contributed by atoms with E-state index in [1.54, 1.807) is 4.90 Å². The molecule has 1 amide bonds. The molecule has 1 heterocycles. The first kappa shape index (κ1) is 19.3. The van der Waals surface area contributed by atoms with Crippen molar-refractivity contribution in [2.24, 2.45) is 5.92 Å². The fourth-order valence-corrected chi connectivity index (χ4v) is 3.43. The Kier molecular flexibility index (Phi) is 6.04. The van der Waals surface area contributed by atoms with E-state index >= 15 is 0 Å². The molecule has 3 nitrogen and oxygen atoms in total. The summed E-state index contributed by atoms with van der Waals surface area (Å²) in [6, 6.07) is 15.2. The number of nitrogens with zero attached hydrogens (tertiary/aromatic N) is 1. The molecule has 2 aromatic carbocycles. The highest BCUT2D eigenvalue weighted by Gasteiger charge is 2.30. The summed E-state index contributed by atoms with van der Waals surface area (Å²) in [5, 5.41) is 2.81. The predicted molar refractivity (Wildman–Crippen MR) is 99.4 cm³/mol. The van der Waals surface area contributed by atoms with Gasteiger partial charge in [-0.2, -0.15) is 13.2 Å². The van der Waals surface area contributed by atoms with Crippen molar-refractivity contribution in [1.82, 2.24) is 4.90 Å². The van der Waals surface area contributed by atoms with Gasteiger partial charge in [-0.05, 0) is 48.9 Å². The fraction of sp³-hybridized carbons (Fsp3) is 0.381. The Hall–Kier alpha value is -2.50. The summed E-state index contributed by atoms with van der Waals surface area (Å²) in [5.74, 6) is 0.485. The number of benzene rings is 2. The first-order chi connectivity index (χ1) is 12.9. The molecule has 27 heavy (non-hydrogen) atoms. The molecule has 144 valence electrons. The molecule has 0 radical (unpaired) electrons. The summed E-state index contributed by atoms with van der Waals surface area (Å²) in [6.07, 6.45) is -1.47. The SMILES string of the molecule is O=C(CNc1cccc(C(F)(F)F)c1)N1CCC(Cc2ccccc2)CC1. The standard InChI is InChI=1S/C21H23F3N2O/c22-21(23,24)18-7-4-8-19(14-18)25-15-20(27)26-11-9-17(10-12-26)13-16-5-2-1-3-6-16/h1-8,14,17,25H,9-13,15H2. The van der Waals surface area contributed by atoms with Crippen LogP contribution in [-0.4, -0.2) is 30.4 Å². The minimum atomic E-state index is -4.39. The van der Waals surface area contributed by atoms with Gasteiger partial charge in [-0.15, -0.1) is 0 Å². The number of piperidine rings is 1. The van der Waals surface area contributed by atoms with E-state index in [0.29, 0.717) is 24.7 Å². The smallest absolute Gasteiger partial charge is 0.376 e. The summed E-state index contributed by atoms with van der Waals surface area (Å²) in [7, 11) is 0. The van der Waals surface area contributed by atoms with Gasteiger partial charge in [0.25, 0.3) is 0 Å². The topological polar surface area (TPSA) is 32.3 Å². The minimum absolute atomic E-state index is 0.00463. The third kappa shape index (κ3) is 5.49. The Balaban J connectivity index is 1.46.